The van der Waals surface area contributed by atoms with Crippen LogP contribution in [0.4, 0.5) is 10.1 Å². The Bertz CT molecular complexity index is 939. The van der Waals surface area contributed by atoms with Gasteiger partial charge in [0.1, 0.15) is 5.82 Å². The van der Waals surface area contributed by atoms with Crippen molar-refractivity contribution in [3.63, 3.8) is 0 Å². The molecule has 0 unspecified atom stereocenters. The molecule has 0 bridgehead atoms. The zero-order chi connectivity index (χ0) is 17.8. The molecular formula is C20H13ClFNO2. The number of hydrogen-bond donors (Lipinski definition) is 1. The van der Waals surface area contributed by atoms with E-state index >= 15 is 0 Å². The number of hydrogen-bond acceptors (Lipinski definition) is 2. The molecule has 0 heterocycles. The highest BCUT2D eigenvalue weighted by atomic mass is 35.5. The molecule has 0 aliphatic carbocycles. The van der Waals surface area contributed by atoms with E-state index in [-0.39, 0.29) is 0 Å². The van der Waals surface area contributed by atoms with E-state index in [4.69, 9.17) is 11.6 Å². The summed E-state index contributed by atoms with van der Waals surface area (Å²) in [6.07, 6.45) is 0.669. The van der Waals surface area contributed by atoms with Crippen molar-refractivity contribution in [2.24, 2.45) is 0 Å². The van der Waals surface area contributed by atoms with Gasteiger partial charge in [-0.3, -0.25) is 9.59 Å². The molecule has 0 spiro atoms. The Morgan fingerprint density at radius 3 is 2.36 bits per heavy atom. The van der Waals surface area contributed by atoms with E-state index in [9.17, 15) is 14.0 Å². The second kappa shape index (κ2) is 7.28. The van der Waals surface area contributed by atoms with Crippen molar-refractivity contribution >= 4 is 29.5 Å². The monoisotopic (exact) mass is 353 g/mol. The third kappa shape index (κ3) is 3.92. The summed E-state index contributed by atoms with van der Waals surface area (Å²) in [7, 11) is 0. The molecule has 5 heteroatoms. The molecule has 0 radical (unpaired) electrons. The first-order valence-corrected chi connectivity index (χ1v) is 7.87. The maximum atomic E-state index is 13.0. The maximum absolute atomic E-state index is 13.0. The molecule has 0 atom stereocenters. The van der Waals surface area contributed by atoms with Crippen molar-refractivity contribution in [1.82, 2.24) is 0 Å². The normalized spacial score (nSPS) is 10.3. The molecule has 124 valence electrons. The van der Waals surface area contributed by atoms with Gasteiger partial charge in [0.05, 0.1) is 5.69 Å². The molecule has 0 aromatic heterocycles. The highest BCUT2D eigenvalue weighted by Gasteiger charge is 2.11. The Morgan fingerprint density at radius 1 is 0.960 bits per heavy atom. The number of carbonyl (C=O) groups excluding carboxylic acids is 2. The van der Waals surface area contributed by atoms with Crippen molar-refractivity contribution in [3.8, 4) is 11.1 Å². The summed E-state index contributed by atoms with van der Waals surface area (Å²) in [6, 6.07) is 17.6. The molecule has 3 nitrogen and oxygen atoms in total. The van der Waals surface area contributed by atoms with Crippen LogP contribution >= 0.6 is 11.6 Å². The molecule has 1 N–H and O–H groups in total. The van der Waals surface area contributed by atoms with Gasteiger partial charge in [-0.05, 0) is 59.7 Å². The van der Waals surface area contributed by atoms with Crippen molar-refractivity contribution in [1.29, 1.82) is 0 Å². The van der Waals surface area contributed by atoms with Crippen molar-refractivity contribution in [2.75, 3.05) is 5.32 Å². The van der Waals surface area contributed by atoms with Crippen molar-refractivity contribution in [3.05, 3.63) is 88.7 Å². The minimum atomic E-state index is -0.425. The Morgan fingerprint density at radius 2 is 1.68 bits per heavy atom. The first-order chi connectivity index (χ1) is 12.1. The number of rotatable bonds is 4. The SMILES string of the molecule is O=Cc1ccc(-c2cccc(Cl)c2)cc1NC(=O)c1ccc(F)cc1. The third-order valence-corrected chi connectivity index (χ3v) is 3.93. The van der Waals surface area contributed by atoms with E-state index in [1.54, 1.807) is 30.3 Å². The van der Waals surface area contributed by atoms with Crippen molar-refractivity contribution in [2.45, 2.75) is 0 Å². The van der Waals surface area contributed by atoms with Gasteiger partial charge in [0.2, 0.25) is 0 Å². The Labute approximate surface area is 149 Å². The number of halogens is 2. The van der Waals surface area contributed by atoms with Gasteiger partial charge in [-0.2, -0.15) is 0 Å². The average molecular weight is 354 g/mol. The summed E-state index contributed by atoms with van der Waals surface area (Å²) in [5.74, 6) is -0.848. The summed E-state index contributed by atoms with van der Waals surface area (Å²) in [5, 5.41) is 3.29. The van der Waals surface area contributed by atoms with E-state index in [0.29, 0.717) is 28.1 Å². The van der Waals surface area contributed by atoms with Crippen LogP contribution in [-0.4, -0.2) is 12.2 Å². The highest BCUT2D eigenvalue weighted by Crippen LogP contribution is 2.27. The van der Waals surface area contributed by atoms with Gasteiger partial charge in [-0.15, -0.1) is 0 Å². The fourth-order valence-electron chi connectivity index (χ4n) is 2.41. The lowest BCUT2D eigenvalue weighted by Crippen LogP contribution is -2.13. The topological polar surface area (TPSA) is 46.2 Å². The van der Waals surface area contributed by atoms with Crippen LogP contribution < -0.4 is 5.32 Å². The Balaban J connectivity index is 1.94. The Kier molecular flexibility index (Phi) is 4.91. The Hall–Kier alpha value is -2.98. The van der Waals surface area contributed by atoms with Crippen LogP contribution in [0.3, 0.4) is 0 Å². The number of nitrogens with one attached hydrogen (secondary N) is 1. The van der Waals surface area contributed by atoms with E-state index in [1.807, 2.05) is 12.1 Å². The molecule has 25 heavy (non-hydrogen) atoms. The molecule has 1 amide bonds. The molecule has 0 saturated carbocycles. The molecule has 0 aliphatic rings. The quantitative estimate of drug-likeness (QED) is 0.654. The molecular weight excluding hydrogens is 341 g/mol. The fourth-order valence-corrected chi connectivity index (χ4v) is 2.60. The average Bonchev–Trinajstić information content (AvgIpc) is 2.62. The number of amides is 1. The van der Waals surface area contributed by atoms with Gasteiger partial charge in [0.15, 0.2) is 6.29 Å². The lowest BCUT2D eigenvalue weighted by molar-refractivity contribution is 0.102. The third-order valence-electron chi connectivity index (χ3n) is 3.69. The minimum absolute atomic E-state index is 0.298. The first-order valence-electron chi connectivity index (χ1n) is 7.49. The largest absolute Gasteiger partial charge is 0.321 e. The predicted molar refractivity (Wildman–Crippen MR) is 96.6 cm³/mol. The van der Waals surface area contributed by atoms with E-state index in [1.165, 1.54) is 24.3 Å². The van der Waals surface area contributed by atoms with Gasteiger partial charge < -0.3 is 5.32 Å². The lowest BCUT2D eigenvalue weighted by atomic mass is 10.0. The van der Waals surface area contributed by atoms with E-state index in [0.717, 1.165) is 11.1 Å². The van der Waals surface area contributed by atoms with Crippen molar-refractivity contribution < 1.29 is 14.0 Å². The highest BCUT2D eigenvalue weighted by molar-refractivity contribution is 6.30. The molecule has 0 fully saturated rings. The summed E-state index contributed by atoms with van der Waals surface area (Å²) >= 11 is 6.01. The zero-order valence-electron chi connectivity index (χ0n) is 13.0. The minimum Gasteiger partial charge on any atom is -0.321 e. The van der Waals surface area contributed by atoms with Gasteiger partial charge in [-0.1, -0.05) is 29.8 Å². The summed E-state index contributed by atoms with van der Waals surface area (Å²) in [4.78, 5) is 23.6. The molecule has 0 aliphatic heterocycles. The number of anilines is 1. The van der Waals surface area contributed by atoms with Gasteiger partial charge in [0, 0.05) is 16.1 Å². The van der Waals surface area contributed by atoms with E-state index in [2.05, 4.69) is 5.32 Å². The van der Waals surface area contributed by atoms with Crippen LogP contribution in [-0.2, 0) is 0 Å². The van der Waals surface area contributed by atoms with Crippen LogP contribution in [0, 0.1) is 5.82 Å². The molecule has 3 rings (SSSR count). The second-order valence-electron chi connectivity index (χ2n) is 5.39. The van der Waals surface area contributed by atoms with Crippen LogP contribution in [0.2, 0.25) is 5.02 Å². The maximum Gasteiger partial charge on any atom is 0.255 e. The second-order valence-corrected chi connectivity index (χ2v) is 5.83. The van der Waals surface area contributed by atoms with E-state index < -0.39 is 11.7 Å². The molecule has 0 saturated heterocycles. The van der Waals surface area contributed by atoms with Crippen LogP contribution in [0.15, 0.2) is 66.7 Å². The summed E-state index contributed by atoms with van der Waals surface area (Å²) in [6.45, 7) is 0. The standard InChI is InChI=1S/C20H13ClFNO2/c21-17-3-1-2-14(10-17)15-4-5-16(12-24)19(11-15)23-20(25)13-6-8-18(22)9-7-13/h1-12H,(H,23,25). The predicted octanol–water partition coefficient (Wildman–Crippen LogP) is 5.21. The number of aldehydes is 1. The van der Waals surface area contributed by atoms with Gasteiger partial charge in [0.25, 0.3) is 5.91 Å². The molecule has 3 aromatic carbocycles. The molecule has 3 aromatic rings. The van der Waals surface area contributed by atoms with Gasteiger partial charge in [-0.25, -0.2) is 4.39 Å². The van der Waals surface area contributed by atoms with Gasteiger partial charge >= 0.3 is 0 Å². The van der Waals surface area contributed by atoms with Crippen LogP contribution in [0.25, 0.3) is 11.1 Å². The number of carbonyl (C=O) groups is 2. The van der Waals surface area contributed by atoms with Crippen LogP contribution in [0.5, 0.6) is 0 Å². The van der Waals surface area contributed by atoms with Crippen LogP contribution in [0.1, 0.15) is 20.7 Å². The summed E-state index contributed by atoms with van der Waals surface area (Å²) < 4.78 is 13.0. The number of benzene rings is 3. The lowest BCUT2D eigenvalue weighted by Gasteiger charge is -2.11. The first kappa shape index (κ1) is 16.9. The summed E-state index contributed by atoms with van der Waals surface area (Å²) in [5.41, 5.74) is 2.69. The smallest absolute Gasteiger partial charge is 0.255 e. The zero-order valence-corrected chi connectivity index (χ0v) is 13.8. The fraction of sp³-hybridized carbons (Fsp3) is 0.